The maximum Gasteiger partial charge on any atom is 0.244 e. The van der Waals surface area contributed by atoms with Crippen molar-refractivity contribution in [3.8, 4) is 0 Å². The fraction of sp³-hybridized carbons (Fsp3) is 0.842. The van der Waals surface area contributed by atoms with E-state index in [4.69, 9.17) is 5.73 Å². The summed E-state index contributed by atoms with van der Waals surface area (Å²) in [4.78, 5) is 13.9. The number of hydrogen-bond donors (Lipinski definition) is 1. The average Bonchev–Trinajstić information content (AvgIpc) is 2.51. The monoisotopic (exact) mass is 310 g/mol. The van der Waals surface area contributed by atoms with Crippen LogP contribution in [0.2, 0.25) is 0 Å². The molecule has 0 spiro atoms. The molecule has 1 atom stereocenters. The van der Waals surface area contributed by atoms with E-state index in [1.807, 2.05) is 6.92 Å². The van der Waals surface area contributed by atoms with Gasteiger partial charge in [-0.3, -0.25) is 9.69 Å². The number of amides is 1. The Morgan fingerprint density at radius 2 is 1.45 bits per heavy atom. The molecule has 0 rings (SSSR count). The van der Waals surface area contributed by atoms with Gasteiger partial charge in [-0.2, -0.15) is 0 Å². The number of carbonyl (C=O) groups is 1. The Morgan fingerprint density at radius 3 is 1.82 bits per heavy atom. The molecule has 3 heteroatoms. The molecule has 0 saturated heterocycles. The van der Waals surface area contributed by atoms with E-state index in [0.29, 0.717) is 11.6 Å². The number of hydrogen-bond acceptors (Lipinski definition) is 2. The van der Waals surface area contributed by atoms with Gasteiger partial charge in [0.15, 0.2) is 0 Å². The van der Waals surface area contributed by atoms with Gasteiger partial charge in [-0.05, 0) is 39.3 Å². The topological polar surface area (TPSA) is 46.3 Å². The van der Waals surface area contributed by atoms with Crippen molar-refractivity contribution in [1.29, 1.82) is 0 Å². The molecule has 1 unspecified atom stereocenters. The molecule has 0 saturated carbocycles. The van der Waals surface area contributed by atoms with E-state index in [1.54, 1.807) is 0 Å². The van der Waals surface area contributed by atoms with Crippen molar-refractivity contribution in [2.75, 3.05) is 13.1 Å². The smallest absolute Gasteiger partial charge is 0.244 e. The highest BCUT2D eigenvalue weighted by molar-refractivity contribution is 5.91. The van der Waals surface area contributed by atoms with Gasteiger partial charge in [-0.1, -0.05) is 65.4 Å². The van der Waals surface area contributed by atoms with E-state index >= 15 is 0 Å². The van der Waals surface area contributed by atoms with Gasteiger partial charge in [0.05, 0.1) is 0 Å². The number of primary amides is 1. The van der Waals surface area contributed by atoms with E-state index in [2.05, 4.69) is 31.7 Å². The third-order valence-corrected chi connectivity index (χ3v) is 4.32. The van der Waals surface area contributed by atoms with Crippen LogP contribution in [0.5, 0.6) is 0 Å². The lowest BCUT2D eigenvalue weighted by Crippen LogP contribution is -2.36. The van der Waals surface area contributed by atoms with Gasteiger partial charge >= 0.3 is 0 Å². The van der Waals surface area contributed by atoms with E-state index in [-0.39, 0.29) is 5.91 Å². The van der Waals surface area contributed by atoms with Gasteiger partial charge in [-0.15, -0.1) is 0 Å². The van der Waals surface area contributed by atoms with Crippen LogP contribution in [0.1, 0.15) is 85.5 Å². The van der Waals surface area contributed by atoms with E-state index in [0.717, 1.165) is 19.5 Å². The predicted octanol–water partition coefficient (Wildman–Crippen LogP) is 4.66. The summed E-state index contributed by atoms with van der Waals surface area (Å²) >= 11 is 0. The molecule has 2 N–H and O–H groups in total. The summed E-state index contributed by atoms with van der Waals surface area (Å²) in [6, 6.07) is 0.343. The average molecular weight is 311 g/mol. The second-order valence-corrected chi connectivity index (χ2v) is 6.35. The zero-order chi connectivity index (χ0) is 16.8. The lowest BCUT2D eigenvalue weighted by molar-refractivity contribution is -0.114. The van der Waals surface area contributed by atoms with E-state index in [9.17, 15) is 4.79 Å². The maximum atomic E-state index is 11.3. The Balaban J connectivity index is 4.60. The van der Waals surface area contributed by atoms with Gasteiger partial charge in [0.25, 0.3) is 0 Å². The molecule has 0 aliphatic heterocycles. The summed E-state index contributed by atoms with van der Waals surface area (Å²) in [6.45, 7) is 10.8. The Hall–Kier alpha value is -0.830. The molecule has 0 radical (unpaired) electrons. The number of unbranched alkanes of at least 4 members (excludes halogenated alkanes) is 6. The first kappa shape index (κ1) is 21.2. The van der Waals surface area contributed by atoms with Crippen LogP contribution >= 0.6 is 0 Å². The summed E-state index contributed by atoms with van der Waals surface area (Å²) in [6.07, 6.45) is 13.4. The van der Waals surface area contributed by atoms with E-state index < -0.39 is 0 Å². The highest BCUT2D eigenvalue weighted by Gasteiger charge is 2.15. The Morgan fingerprint density at radius 1 is 0.955 bits per heavy atom. The van der Waals surface area contributed by atoms with Crippen LogP contribution in [-0.2, 0) is 4.79 Å². The number of nitrogens with two attached hydrogens (primary N) is 1. The van der Waals surface area contributed by atoms with Crippen LogP contribution in [-0.4, -0.2) is 29.9 Å². The molecule has 0 aromatic heterocycles. The van der Waals surface area contributed by atoms with Crippen molar-refractivity contribution in [1.82, 2.24) is 4.90 Å². The predicted molar refractivity (Wildman–Crippen MR) is 96.9 cm³/mol. The molecule has 0 aliphatic rings. The molecule has 0 bridgehead atoms. The highest BCUT2D eigenvalue weighted by Crippen LogP contribution is 2.13. The molecular formula is C19H38N2O. The summed E-state index contributed by atoms with van der Waals surface area (Å²) in [5.74, 6) is -0.296. The standard InChI is InChI=1S/C19H38N2O/c1-5-8-10-12-14-21(15-13-11-9-6-2)18(7-3)16-17(4)19(20)22/h16,18H,5-15H2,1-4H3,(H2,20,22). The molecule has 130 valence electrons. The molecule has 3 nitrogen and oxygen atoms in total. The summed E-state index contributed by atoms with van der Waals surface area (Å²) in [7, 11) is 0. The second-order valence-electron chi connectivity index (χ2n) is 6.35. The van der Waals surface area contributed by atoms with Gasteiger partial charge in [0, 0.05) is 11.6 Å². The molecule has 22 heavy (non-hydrogen) atoms. The van der Waals surface area contributed by atoms with E-state index in [1.165, 1.54) is 51.4 Å². The van der Waals surface area contributed by atoms with Crippen LogP contribution in [0.3, 0.4) is 0 Å². The van der Waals surface area contributed by atoms with Crippen molar-refractivity contribution in [2.45, 2.75) is 91.5 Å². The minimum atomic E-state index is -0.296. The van der Waals surface area contributed by atoms with Gasteiger partial charge in [0.1, 0.15) is 0 Å². The lowest BCUT2D eigenvalue weighted by Gasteiger charge is -2.29. The highest BCUT2D eigenvalue weighted by atomic mass is 16.1. The molecule has 0 aliphatic carbocycles. The first-order valence-corrected chi connectivity index (χ1v) is 9.29. The largest absolute Gasteiger partial charge is 0.366 e. The van der Waals surface area contributed by atoms with Crippen molar-refractivity contribution in [3.05, 3.63) is 11.6 Å². The zero-order valence-electron chi connectivity index (χ0n) is 15.4. The fourth-order valence-corrected chi connectivity index (χ4v) is 2.78. The third-order valence-electron chi connectivity index (χ3n) is 4.32. The fourth-order valence-electron chi connectivity index (χ4n) is 2.78. The Bertz CT molecular complexity index is 301. The van der Waals surface area contributed by atoms with Crippen LogP contribution in [0.15, 0.2) is 11.6 Å². The SMILES string of the molecule is CCCCCCN(CCCCCC)C(C=C(C)C(N)=O)CC. The van der Waals surface area contributed by atoms with Crippen LogP contribution in [0.4, 0.5) is 0 Å². The molecule has 0 fully saturated rings. The number of carbonyl (C=O) groups excluding carboxylic acids is 1. The zero-order valence-corrected chi connectivity index (χ0v) is 15.4. The maximum absolute atomic E-state index is 11.3. The molecule has 0 heterocycles. The van der Waals surface area contributed by atoms with Crippen molar-refractivity contribution < 1.29 is 4.79 Å². The van der Waals surface area contributed by atoms with Gasteiger partial charge in [0.2, 0.25) is 5.91 Å². The minimum absolute atomic E-state index is 0.296. The Kier molecular flexibility index (Phi) is 13.3. The Labute approximate surface area is 138 Å². The number of nitrogens with zero attached hydrogens (tertiary/aromatic N) is 1. The third kappa shape index (κ3) is 9.99. The van der Waals surface area contributed by atoms with Crippen molar-refractivity contribution in [2.24, 2.45) is 5.73 Å². The quantitative estimate of drug-likeness (QED) is 0.375. The molecule has 1 amide bonds. The first-order chi connectivity index (χ1) is 10.6. The van der Waals surface area contributed by atoms with Crippen molar-refractivity contribution >= 4 is 5.91 Å². The molecular weight excluding hydrogens is 272 g/mol. The van der Waals surface area contributed by atoms with Crippen LogP contribution in [0.25, 0.3) is 0 Å². The normalized spacial score (nSPS) is 13.6. The number of rotatable bonds is 14. The van der Waals surface area contributed by atoms with Crippen LogP contribution in [0, 0.1) is 0 Å². The van der Waals surface area contributed by atoms with Gasteiger partial charge < -0.3 is 5.73 Å². The summed E-state index contributed by atoms with van der Waals surface area (Å²) in [5, 5.41) is 0. The molecule has 0 aromatic rings. The minimum Gasteiger partial charge on any atom is -0.366 e. The first-order valence-electron chi connectivity index (χ1n) is 9.29. The van der Waals surface area contributed by atoms with Gasteiger partial charge in [-0.25, -0.2) is 0 Å². The van der Waals surface area contributed by atoms with Crippen molar-refractivity contribution in [3.63, 3.8) is 0 Å². The summed E-state index contributed by atoms with van der Waals surface area (Å²) < 4.78 is 0. The lowest BCUT2D eigenvalue weighted by atomic mass is 10.1. The van der Waals surface area contributed by atoms with Crippen LogP contribution < -0.4 is 5.73 Å². The summed E-state index contributed by atoms with van der Waals surface area (Å²) in [5.41, 5.74) is 6.09. The second kappa shape index (κ2) is 13.8. The molecule has 0 aromatic carbocycles.